The monoisotopic (exact) mass is 216 g/mol. The Hall–Kier alpha value is -1.88. The van der Waals surface area contributed by atoms with Crippen LogP contribution in [0.4, 0.5) is 5.82 Å². The summed E-state index contributed by atoms with van der Waals surface area (Å²) in [7, 11) is 0. The molecule has 2 heterocycles. The van der Waals surface area contributed by atoms with Crippen LogP contribution in [0.1, 0.15) is 0 Å². The molecule has 0 atom stereocenters. The van der Waals surface area contributed by atoms with Crippen LogP contribution in [-0.2, 0) is 0 Å². The first-order valence-corrected chi connectivity index (χ1v) is 5.31. The lowest BCUT2D eigenvalue weighted by molar-refractivity contribution is 1.10. The van der Waals surface area contributed by atoms with Gasteiger partial charge in [-0.25, -0.2) is 4.98 Å². The summed E-state index contributed by atoms with van der Waals surface area (Å²) in [4.78, 5) is 4.49. The summed E-state index contributed by atoms with van der Waals surface area (Å²) in [6.45, 7) is 0. The summed E-state index contributed by atoms with van der Waals surface area (Å²) in [5, 5.41) is 7.66. The van der Waals surface area contributed by atoms with E-state index >= 15 is 0 Å². The number of nitrogens with two attached hydrogens (primary N) is 1. The van der Waals surface area contributed by atoms with Crippen molar-refractivity contribution in [2.45, 2.75) is 0 Å². The van der Waals surface area contributed by atoms with Crippen molar-refractivity contribution < 1.29 is 0 Å². The summed E-state index contributed by atoms with van der Waals surface area (Å²) < 4.78 is 1.17. The molecule has 0 unspecified atom stereocenters. The number of aromatic nitrogens is 3. The van der Waals surface area contributed by atoms with Crippen LogP contribution in [0.2, 0.25) is 0 Å². The maximum atomic E-state index is 5.54. The fourth-order valence-corrected chi connectivity index (χ4v) is 2.37. The van der Waals surface area contributed by atoms with Crippen molar-refractivity contribution in [2.24, 2.45) is 0 Å². The first-order valence-electron chi connectivity index (χ1n) is 4.50. The molecule has 0 radical (unpaired) electrons. The highest BCUT2D eigenvalue weighted by Crippen LogP contribution is 2.29. The second kappa shape index (κ2) is 3.06. The van der Waals surface area contributed by atoms with Crippen molar-refractivity contribution in [1.82, 2.24) is 15.2 Å². The van der Waals surface area contributed by atoms with E-state index in [-0.39, 0.29) is 0 Å². The van der Waals surface area contributed by atoms with Crippen molar-refractivity contribution in [1.29, 1.82) is 0 Å². The third kappa shape index (κ3) is 1.37. The summed E-state index contributed by atoms with van der Waals surface area (Å²) in [5.41, 5.74) is 7.42. The zero-order valence-corrected chi connectivity index (χ0v) is 8.58. The molecule has 0 aliphatic carbocycles. The molecule has 4 nitrogen and oxygen atoms in total. The number of rotatable bonds is 1. The topological polar surface area (TPSA) is 67.6 Å². The molecule has 15 heavy (non-hydrogen) atoms. The molecule has 0 aliphatic rings. The average molecular weight is 216 g/mol. The SMILES string of the molecule is Nc1cc(-c2nc3ccccc3s2)[nH]n1. The number of nitrogens with one attached hydrogen (secondary N) is 1. The smallest absolute Gasteiger partial charge is 0.145 e. The highest BCUT2D eigenvalue weighted by Gasteiger charge is 2.07. The Bertz CT molecular complexity index is 577. The molecule has 0 spiro atoms. The van der Waals surface area contributed by atoms with E-state index in [4.69, 9.17) is 5.73 Å². The molecule has 1 aromatic carbocycles. The predicted molar refractivity (Wildman–Crippen MR) is 61.6 cm³/mol. The van der Waals surface area contributed by atoms with E-state index in [1.807, 2.05) is 18.2 Å². The van der Waals surface area contributed by atoms with Crippen LogP contribution >= 0.6 is 11.3 Å². The number of hydrogen-bond donors (Lipinski definition) is 2. The van der Waals surface area contributed by atoms with E-state index in [9.17, 15) is 0 Å². The molecule has 0 amide bonds. The third-order valence-electron chi connectivity index (χ3n) is 2.12. The molecule has 3 N–H and O–H groups in total. The van der Waals surface area contributed by atoms with E-state index in [0.717, 1.165) is 16.2 Å². The Balaban J connectivity index is 2.19. The maximum absolute atomic E-state index is 5.54. The number of thiazole rings is 1. The number of H-pyrrole nitrogens is 1. The van der Waals surface area contributed by atoms with Crippen molar-refractivity contribution >= 4 is 27.4 Å². The lowest BCUT2D eigenvalue weighted by Crippen LogP contribution is -1.81. The van der Waals surface area contributed by atoms with Crippen LogP contribution in [0.5, 0.6) is 0 Å². The Kier molecular flexibility index (Phi) is 1.72. The van der Waals surface area contributed by atoms with Crippen LogP contribution in [0, 0.1) is 0 Å². The average Bonchev–Trinajstić information content (AvgIpc) is 2.82. The minimum atomic E-state index is 0.490. The van der Waals surface area contributed by atoms with Gasteiger partial charge in [-0.05, 0) is 12.1 Å². The number of para-hydroxylation sites is 1. The first-order chi connectivity index (χ1) is 7.33. The fraction of sp³-hybridized carbons (Fsp3) is 0. The van der Waals surface area contributed by atoms with Gasteiger partial charge in [0, 0.05) is 6.07 Å². The van der Waals surface area contributed by atoms with Gasteiger partial charge in [-0.15, -0.1) is 11.3 Å². The van der Waals surface area contributed by atoms with Crippen LogP contribution in [-0.4, -0.2) is 15.2 Å². The minimum Gasteiger partial charge on any atom is -0.382 e. The Labute approximate surface area is 89.8 Å². The van der Waals surface area contributed by atoms with Crippen LogP contribution in [0.25, 0.3) is 20.9 Å². The Morgan fingerprint density at radius 2 is 2.13 bits per heavy atom. The quantitative estimate of drug-likeness (QED) is 0.655. The van der Waals surface area contributed by atoms with Gasteiger partial charge in [0.05, 0.1) is 15.9 Å². The van der Waals surface area contributed by atoms with Gasteiger partial charge >= 0.3 is 0 Å². The molecule has 5 heteroatoms. The highest BCUT2D eigenvalue weighted by atomic mass is 32.1. The highest BCUT2D eigenvalue weighted by molar-refractivity contribution is 7.21. The Morgan fingerprint density at radius 3 is 2.87 bits per heavy atom. The van der Waals surface area contributed by atoms with Crippen LogP contribution < -0.4 is 5.73 Å². The predicted octanol–water partition coefficient (Wildman–Crippen LogP) is 2.27. The third-order valence-corrected chi connectivity index (χ3v) is 3.19. The van der Waals surface area contributed by atoms with Crippen molar-refractivity contribution in [3.63, 3.8) is 0 Å². The zero-order chi connectivity index (χ0) is 10.3. The number of hydrogen-bond acceptors (Lipinski definition) is 4. The number of nitrogen functional groups attached to an aromatic ring is 1. The zero-order valence-electron chi connectivity index (χ0n) is 7.77. The van der Waals surface area contributed by atoms with E-state index in [1.165, 1.54) is 4.70 Å². The molecule has 0 fully saturated rings. The molecule has 3 aromatic rings. The van der Waals surface area contributed by atoms with E-state index in [1.54, 1.807) is 17.4 Å². The normalized spacial score (nSPS) is 10.9. The molecule has 0 saturated carbocycles. The van der Waals surface area contributed by atoms with Crippen molar-refractivity contribution in [3.8, 4) is 10.7 Å². The minimum absolute atomic E-state index is 0.490. The number of anilines is 1. The van der Waals surface area contributed by atoms with Gasteiger partial charge in [-0.2, -0.15) is 5.10 Å². The number of aromatic amines is 1. The van der Waals surface area contributed by atoms with Crippen molar-refractivity contribution in [3.05, 3.63) is 30.3 Å². The summed E-state index contributed by atoms with van der Waals surface area (Å²) in [5.74, 6) is 0.490. The number of fused-ring (bicyclic) bond motifs is 1. The first kappa shape index (κ1) is 8.43. The molecule has 3 rings (SSSR count). The molecule has 2 aromatic heterocycles. The summed E-state index contributed by atoms with van der Waals surface area (Å²) in [6.07, 6.45) is 0. The molecule has 0 aliphatic heterocycles. The van der Waals surface area contributed by atoms with E-state index < -0.39 is 0 Å². The molecule has 0 saturated heterocycles. The van der Waals surface area contributed by atoms with Gasteiger partial charge in [0.25, 0.3) is 0 Å². The second-order valence-electron chi connectivity index (χ2n) is 3.19. The van der Waals surface area contributed by atoms with Gasteiger partial charge in [0.2, 0.25) is 0 Å². The van der Waals surface area contributed by atoms with Crippen molar-refractivity contribution in [2.75, 3.05) is 5.73 Å². The summed E-state index contributed by atoms with van der Waals surface area (Å²) >= 11 is 1.63. The van der Waals surface area contributed by atoms with Gasteiger partial charge < -0.3 is 5.73 Å². The van der Waals surface area contributed by atoms with Crippen LogP contribution in [0.3, 0.4) is 0 Å². The van der Waals surface area contributed by atoms with E-state index in [0.29, 0.717) is 5.82 Å². The maximum Gasteiger partial charge on any atom is 0.145 e. The Morgan fingerprint density at radius 1 is 1.27 bits per heavy atom. The van der Waals surface area contributed by atoms with Gasteiger partial charge in [-0.3, -0.25) is 5.10 Å². The second-order valence-corrected chi connectivity index (χ2v) is 4.22. The van der Waals surface area contributed by atoms with Gasteiger partial charge in [0.1, 0.15) is 10.8 Å². The summed E-state index contributed by atoms with van der Waals surface area (Å²) in [6, 6.07) is 9.82. The standard InChI is InChI=1S/C10H8N4S/c11-9-5-7(13-14-9)10-12-6-3-1-2-4-8(6)15-10/h1-5H,(H3,11,13,14). The lowest BCUT2D eigenvalue weighted by Gasteiger charge is -1.84. The van der Waals surface area contributed by atoms with Crippen LogP contribution in [0.15, 0.2) is 30.3 Å². The molecular weight excluding hydrogens is 208 g/mol. The fourth-order valence-electron chi connectivity index (χ4n) is 1.43. The van der Waals surface area contributed by atoms with Gasteiger partial charge in [0.15, 0.2) is 0 Å². The number of nitrogens with zero attached hydrogens (tertiary/aromatic N) is 2. The largest absolute Gasteiger partial charge is 0.382 e. The lowest BCUT2D eigenvalue weighted by atomic mass is 10.3. The van der Waals surface area contributed by atoms with Gasteiger partial charge in [-0.1, -0.05) is 12.1 Å². The van der Waals surface area contributed by atoms with E-state index in [2.05, 4.69) is 21.2 Å². The number of benzene rings is 1. The molecular formula is C10H8N4S. The molecule has 74 valence electrons. The molecule has 0 bridgehead atoms.